The molecule has 21 heavy (non-hydrogen) atoms. The molecule has 1 heterocycles. The number of hydrogen-bond donors (Lipinski definition) is 1. The second kappa shape index (κ2) is 8.18. The molecule has 1 amide bonds. The predicted octanol–water partition coefficient (Wildman–Crippen LogP) is 2.95. The van der Waals surface area contributed by atoms with Crippen LogP contribution in [0.2, 0.25) is 0 Å². The van der Waals surface area contributed by atoms with E-state index in [9.17, 15) is 9.90 Å². The quantitative estimate of drug-likeness (QED) is 0.905. The molecule has 1 aromatic carbocycles. The largest absolute Gasteiger partial charge is 0.394 e. The van der Waals surface area contributed by atoms with Crippen LogP contribution in [0.15, 0.2) is 24.3 Å². The summed E-state index contributed by atoms with van der Waals surface area (Å²) in [6, 6.07) is 8.56. The standard InChI is InChI=1S/C18H27NO2/c1-2-15-7-9-16(10-8-15)11-12-18(21)19-13-5-3-4-6-17(19)14-20/h7-10,17,20H,2-6,11-14H2,1H3. The number of aliphatic hydroxyl groups is 1. The van der Waals surface area contributed by atoms with Gasteiger partial charge in [-0.2, -0.15) is 0 Å². The van der Waals surface area contributed by atoms with Gasteiger partial charge in [-0.15, -0.1) is 0 Å². The summed E-state index contributed by atoms with van der Waals surface area (Å²) in [6.45, 7) is 3.04. The summed E-state index contributed by atoms with van der Waals surface area (Å²) in [4.78, 5) is 14.3. The Bertz CT molecular complexity index is 441. The van der Waals surface area contributed by atoms with E-state index in [-0.39, 0.29) is 18.6 Å². The summed E-state index contributed by atoms with van der Waals surface area (Å²) in [6.07, 6.45) is 6.66. The van der Waals surface area contributed by atoms with Crippen molar-refractivity contribution in [3.63, 3.8) is 0 Å². The molecule has 1 N–H and O–H groups in total. The van der Waals surface area contributed by atoms with Crippen molar-refractivity contribution in [3.8, 4) is 0 Å². The summed E-state index contributed by atoms with van der Waals surface area (Å²) in [5.74, 6) is 0.190. The van der Waals surface area contributed by atoms with Crippen molar-refractivity contribution in [1.82, 2.24) is 4.90 Å². The molecule has 2 rings (SSSR count). The van der Waals surface area contributed by atoms with E-state index >= 15 is 0 Å². The van der Waals surface area contributed by atoms with Gasteiger partial charge in [-0.1, -0.05) is 44.0 Å². The molecule has 1 aromatic rings. The highest BCUT2D eigenvalue weighted by atomic mass is 16.3. The number of amides is 1. The third-order valence-electron chi connectivity index (χ3n) is 4.47. The molecule has 0 aromatic heterocycles. The van der Waals surface area contributed by atoms with Crippen LogP contribution in [0, 0.1) is 0 Å². The average Bonchev–Trinajstić information content (AvgIpc) is 2.78. The lowest BCUT2D eigenvalue weighted by Gasteiger charge is -2.28. The van der Waals surface area contributed by atoms with Crippen molar-refractivity contribution in [2.75, 3.05) is 13.2 Å². The van der Waals surface area contributed by atoms with E-state index < -0.39 is 0 Å². The topological polar surface area (TPSA) is 40.5 Å². The third-order valence-corrected chi connectivity index (χ3v) is 4.47. The molecule has 1 fully saturated rings. The van der Waals surface area contributed by atoms with Crippen molar-refractivity contribution < 1.29 is 9.90 Å². The first-order valence-electron chi connectivity index (χ1n) is 8.22. The van der Waals surface area contributed by atoms with Crippen molar-refractivity contribution in [1.29, 1.82) is 0 Å². The number of likely N-dealkylation sites (tertiary alicyclic amines) is 1. The maximum atomic E-state index is 12.4. The van der Waals surface area contributed by atoms with E-state index in [2.05, 4.69) is 31.2 Å². The molecule has 1 aliphatic rings. The van der Waals surface area contributed by atoms with E-state index in [4.69, 9.17) is 0 Å². The second-order valence-electron chi connectivity index (χ2n) is 5.94. The lowest BCUT2D eigenvalue weighted by atomic mass is 10.1. The number of nitrogens with zero attached hydrogens (tertiary/aromatic N) is 1. The zero-order chi connectivity index (χ0) is 15.1. The van der Waals surface area contributed by atoms with E-state index in [0.717, 1.165) is 38.6 Å². The minimum Gasteiger partial charge on any atom is -0.394 e. The molecule has 0 radical (unpaired) electrons. The van der Waals surface area contributed by atoms with Crippen LogP contribution in [0.4, 0.5) is 0 Å². The Morgan fingerprint density at radius 1 is 1.19 bits per heavy atom. The van der Waals surface area contributed by atoms with Gasteiger partial charge in [-0.05, 0) is 36.8 Å². The van der Waals surface area contributed by atoms with Crippen LogP contribution in [-0.2, 0) is 17.6 Å². The van der Waals surface area contributed by atoms with Crippen molar-refractivity contribution in [3.05, 3.63) is 35.4 Å². The van der Waals surface area contributed by atoms with Crippen molar-refractivity contribution >= 4 is 5.91 Å². The van der Waals surface area contributed by atoms with E-state index in [1.807, 2.05) is 4.90 Å². The van der Waals surface area contributed by atoms with Gasteiger partial charge in [0.25, 0.3) is 0 Å². The highest BCUT2D eigenvalue weighted by Gasteiger charge is 2.24. The molecular formula is C18H27NO2. The second-order valence-corrected chi connectivity index (χ2v) is 5.94. The van der Waals surface area contributed by atoms with Gasteiger partial charge in [0.15, 0.2) is 0 Å². The average molecular weight is 289 g/mol. The fraction of sp³-hybridized carbons (Fsp3) is 0.611. The van der Waals surface area contributed by atoms with Gasteiger partial charge >= 0.3 is 0 Å². The third kappa shape index (κ3) is 4.57. The van der Waals surface area contributed by atoms with Crippen LogP contribution in [0.3, 0.4) is 0 Å². The van der Waals surface area contributed by atoms with Gasteiger partial charge in [0.2, 0.25) is 5.91 Å². The summed E-state index contributed by atoms with van der Waals surface area (Å²) in [5, 5.41) is 9.48. The smallest absolute Gasteiger partial charge is 0.223 e. The van der Waals surface area contributed by atoms with Crippen LogP contribution in [0.1, 0.15) is 50.2 Å². The number of aliphatic hydroxyl groups excluding tert-OH is 1. The van der Waals surface area contributed by atoms with Crippen LogP contribution < -0.4 is 0 Å². The monoisotopic (exact) mass is 289 g/mol. The molecule has 3 nitrogen and oxygen atoms in total. The molecule has 1 unspecified atom stereocenters. The Morgan fingerprint density at radius 3 is 2.57 bits per heavy atom. The molecule has 3 heteroatoms. The van der Waals surface area contributed by atoms with Gasteiger partial charge in [-0.25, -0.2) is 0 Å². The molecule has 0 spiro atoms. The van der Waals surface area contributed by atoms with Gasteiger partial charge < -0.3 is 10.0 Å². The van der Waals surface area contributed by atoms with E-state index in [1.54, 1.807) is 0 Å². The number of rotatable bonds is 5. The first-order chi connectivity index (χ1) is 10.2. The lowest BCUT2D eigenvalue weighted by molar-refractivity contribution is -0.134. The first kappa shape index (κ1) is 16.0. The number of carbonyl (C=O) groups is 1. The maximum absolute atomic E-state index is 12.4. The van der Waals surface area contributed by atoms with Crippen LogP contribution in [-0.4, -0.2) is 35.1 Å². The number of hydrogen-bond acceptors (Lipinski definition) is 2. The zero-order valence-electron chi connectivity index (χ0n) is 13.1. The Labute approximate surface area is 128 Å². The Kier molecular flexibility index (Phi) is 6.24. The summed E-state index contributed by atoms with van der Waals surface area (Å²) in [7, 11) is 0. The molecule has 0 aliphatic carbocycles. The van der Waals surface area contributed by atoms with Crippen LogP contribution >= 0.6 is 0 Å². The minimum atomic E-state index is 0.0301. The lowest BCUT2D eigenvalue weighted by Crippen LogP contribution is -2.42. The first-order valence-corrected chi connectivity index (χ1v) is 8.22. The highest BCUT2D eigenvalue weighted by Crippen LogP contribution is 2.18. The predicted molar refractivity (Wildman–Crippen MR) is 85.2 cm³/mol. The van der Waals surface area contributed by atoms with Crippen LogP contribution in [0.5, 0.6) is 0 Å². The van der Waals surface area contributed by atoms with Gasteiger partial charge in [0, 0.05) is 13.0 Å². The SMILES string of the molecule is CCc1ccc(CCC(=O)N2CCCCCC2CO)cc1. The molecule has 116 valence electrons. The Balaban J connectivity index is 1.89. The number of benzene rings is 1. The summed E-state index contributed by atoms with van der Waals surface area (Å²) >= 11 is 0. The van der Waals surface area contributed by atoms with Gasteiger partial charge in [0.1, 0.15) is 0 Å². The molecule has 1 atom stereocenters. The molecule has 1 saturated heterocycles. The fourth-order valence-corrected chi connectivity index (χ4v) is 3.03. The van der Waals surface area contributed by atoms with Gasteiger partial charge in [0.05, 0.1) is 12.6 Å². The highest BCUT2D eigenvalue weighted by molar-refractivity contribution is 5.76. The van der Waals surface area contributed by atoms with Gasteiger partial charge in [-0.3, -0.25) is 4.79 Å². The van der Waals surface area contributed by atoms with Crippen LogP contribution in [0.25, 0.3) is 0 Å². The molecule has 1 aliphatic heterocycles. The molecule has 0 bridgehead atoms. The summed E-state index contributed by atoms with van der Waals surface area (Å²) in [5.41, 5.74) is 2.55. The molecule has 0 saturated carbocycles. The van der Waals surface area contributed by atoms with E-state index in [0.29, 0.717) is 6.42 Å². The Hall–Kier alpha value is -1.35. The Morgan fingerprint density at radius 2 is 1.90 bits per heavy atom. The summed E-state index contributed by atoms with van der Waals surface area (Å²) < 4.78 is 0. The van der Waals surface area contributed by atoms with Crippen molar-refractivity contribution in [2.24, 2.45) is 0 Å². The fourth-order valence-electron chi connectivity index (χ4n) is 3.03. The normalized spacial score (nSPS) is 19.3. The van der Waals surface area contributed by atoms with Crippen molar-refractivity contribution in [2.45, 2.75) is 57.9 Å². The number of aryl methyl sites for hydroxylation is 2. The molecular weight excluding hydrogens is 262 g/mol. The minimum absolute atomic E-state index is 0.0301. The zero-order valence-corrected chi connectivity index (χ0v) is 13.1. The van der Waals surface area contributed by atoms with E-state index in [1.165, 1.54) is 17.5 Å². The number of carbonyl (C=O) groups excluding carboxylic acids is 1. The maximum Gasteiger partial charge on any atom is 0.223 e.